The van der Waals surface area contributed by atoms with Crippen LogP contribution in [0, 0.1) is 29.9 Å². The molecule has 8 heteroatoms. The van der Waals surface area contributed by atoms with Crippen molar-refractivity contribution >= 4 is 11.6 Å². The molecule has 0 saturated heterocycles. The summed E-state index contributed by atoms with van der Waals surface area (Å²) >= 11 is 0. The van der Waals surface area contributed by atoms with Gasteiger partial charge in [-0.1, -0.05) is 0 Å². The van der Waals surface area contributed by atoms with Gasteiger partial charge in [0.1, 0.15) is 11.4 Å². The molecule has 0 atom stereocenters. The molecule has 1 N–H and O–H groups in total. The summed E-state index contributed by atoms with van der Waals surface area (Å²) in [6, 6.07) is 0.218. The lowest BCUT2D eigenvalue weighted by atomic mass is 9.86. The minimum Gasteiger partial charge on any atom is -0.396 e. The number of amides is 1. The van der Waals surface area contributed by atoms with Crippen LogP contribution in [0.25, 0.3) is 0 Å². The lowest BCUT2D eigenvalue weighted by molar-refractivity contribution is -0.386. The quantitative estimate of drug-likeness (QED) is 0.629. The van der Waals surface area contributed by atoms with Crippen molar-refractivity contribution in [2.75, 3.05) is 13.7 Å². The number of carbonyl (C=O) groups is 1. The molecule has 24 heavy (non-hydrogen) atoms. The molecule has 1 amide bonds. The molecule has 1 heterocycles. The van der Waals surface area contributed by atoms with E-state index in [0.29, 0.717) is 23.9 Å². The minimum atomic E-state index is -0.429. The van der Waals surface area contributed by atoms with E-state index < -0.39 is 4.92 Å². The van der Waals surface area contributed by atoms with Gasteiger partial charge in [0, 0.05) is 26.1 Å². The van der Waals surface area contributed by atoms with Crippen molar-refractivity contribution in [2.24, 2.45) is 5.92 Å². The van der Waals surface area contributed by atoms with Gasteiger partial charge in [0.25, 0.3) is 0 Å². The first-order valence-corrected chi connectivity index (χ1v) is 8.40. The van der Waals surface area contributed by atoms with E-state index in [4.69, 9.17) is 0 Å². The van der Waals surface area contributed by atoms with E-state index in [0.717, 1.165) is 25.7 Å². The topological polar surface area (TPSA) is 102 Å². The zero-order chi connectivity index (χ0) is 17.9. The van der Waals surface area contributed by atoms with Gasteiger partial charge in [-0.3, -0.25) is 19.6 Å². The predicted molar refractivity (Wildman–Crippen MR) is 88.6 cm³/mol. The van der Waals surface area contributed by atoms with Gasteiger partial charge in [-0.25, -0.2) is 0 Å². The third-order valence-corrected chi connectivity index (χ3v) is 5.08. The number of nitro groups is 1. The fraction of sp³-hybridized carbons (Fsp3) is 0.750. The van der Waals surface area contributed by atoms with Crippen molar-refractivity contribution in [3.63, 3.8) is 0 Å². The van der Waals surface area contributed by atoms with Gasteiger partial charge in [-0.2, -0.15) is 5.10 Å². The van der Waals surface area contributed by atoms with E-state index in [-0.39, 0.29) is 30.7 Å². The molecular weight excluding hydrogens is 312 g/mol. The maximum atomic E-state index is 12.4. The summed E-state index contributed by atoms with van der Waals surface area (Å²) in [5.74, 6) is 0.387. The van der Waals surface area contributed by atoms with E-state index in [1.165, 1.54) is 0 Å². The number of aliphatic hydroxyl groups is 1. The Bertz CT molecular complexity index is 605. The summed E-state index contributed by atoms with van der Waals surface area (Å²) in [5, 5.41) is 24.4. The summed E-state index contributed by atoms with van der Waals surface area (Å²) < 4.78 is 1.54. The lowest BCUT2D eigenvalue weighted by Gasteiger charge is -2.34. The number of nitrogens with zero attached hydrogens (tertiary/aromatic N) is 4. The number of rotatable bonds is 6. The summed E-state index contributed by atoms with van der Waals surface area (Å²) in [6.07, 6.45) is 4.00. The summed E-state index contributed by atoms with van der Waals surface area (Å²) in [4.78, 5) is 24.8. The van der Waals surface area contributed by atoms with Gasteiger partial charge in [-0.15, -0.1) is 0 Å². The van der Waals surface area contributed by atoms with Crippen molar-refractivity contribution in [3.05, 3.63) is 21.5 Å². The average Bonchev–Trinajstić information content (AvgIpc) is 2.85. The van der Waals surface area contributed by atoms with Gasteiger partial charge in [-0.05, 0) is 45.4 Å². The Kier molecular flexibility index (Phi) is 5.93. The molecule has 1 saturated carbocycles. The molecule has 0 aromatic carbocycles. The number of aromatic nitrogens is 2. The van der Waals surface area contributed by atoms with Crippen molar-refractivity contribution in [1.82, 2.24) is 14.7 Å². The van der Waals surface area contributed by atoms with Gasteiger partial charge >= 0.3 is 5.69 Å². The fourth-order valence-electron chi connectivity index (χ4n) is 3.47. The zero-order valence-corrected chi connectivity index (χ0v) is 14.6. The van der Waals surface area contributed by atoms with Gasteiger partial charge in [0.2, 0.25) is 5.91 Å². The van der Waals surface area contributed by atoms with Crippen LogP contribution in [-0.4, -0.2) is 50.3 Å². The third-order valence-electron chi connectivity index (χ3n) is 5.08. The Labute approximate surface area is 141 Å². The van der Waals surface area contributed by atoms with Gasteiger partial charge in [0.05, 0.1) is 11.5 Å². The molecule has 0 aliphatic heterocycles. The van der Waals surface area contributed by atoms with Gasteiger partial charge < -0.3 is 10.0 Å². The van der Waals surface area contributed by atoms with Gasteiger partial charge in [0.15, 0.2) is 0 Å². The largest absolute Gasteiger partial charge is 0.396 e. The highest BCUT2D eigenvalue weighted by Gasteiger charge is 2.27. The Hall–Kier alpha value is -1.96. The van der Waals surface area contributed by atoms with Crippen LogP contribution in [0.3, 0.4) is 0 Å². The fourth-order valence-corrected chi connectivity index (χ4v) is 3.47. The third kappa shape index (κ3) is 3.92. The van der Waals surface area contributed by atoms with Crippen LogP contribution in [0.4, 0.5) is 5.69 Å². The second kappa shape index (κ2) is 7.74. The van der Waals surface area contributed by atoms with Crippen LogP contribution in [0.2, 0.25) is 0 Å². The molecule has 2 rings (SSSR count). The maximum Gasteiger partial charge on any atom is 0.312 e. The summed E-state index contributed by atoms with van der Waals surface area (Å²) in [5.41, 5.74) is 0.884. The van der Waals surface area contributed by atoms with E-state index in [9.17, 15) is 20.0 Å². The number of aryl methyl sites for hydroxylation is 2. The minimum absolute atomic E-state index is 0.0256. The standard InChI is InChI=1S/C16H26N4O4/c1-11-16(20(23)24)12(2)19(17-11)9-8-15(22)18(3)14-6-4-13(10-21)5-7-14/h13-14,21H,4-10H2,1-3H3. The SMILES string of the molecule is Cc1nn(CCC(=O)N(C)C2CCC(CO)CC2)c(C)c1[N+](=O)[O-]. The average molecular weight is 338 g/mol. The highest BCUT2D eigenvalue weighted by molar-refractivity contribution is 5.76. The van der Waals surface area contributed by atoms with E-state index >= 15 is 0 Å². The molecule has 0 bridgehead atoms. The van der Waals surface area contributed by atoms with Crippen molar-refractivity contribution < 1.29 is 14.8 Å². The van der Waals surface area contributed by atoms with E-state index in [2.05, 4.69) is 5.10 Å². The van der Waals surface area contributed by atoms with E-state index in [1.54, 1.807) is 23.4 Å². The zero-order valence-electron chi connectivity index (χ0n) is 14.6. The Morgan fingerprint density at radius 2 is 2.00 bits per heavy atom. The predicted octanol–water partition coefficient (Wildman–Crippen LogP) is 1.81. The van der Waals surface area contributed by atoms with Crippen LogP contribution in [0.1, 0.15) is 43.5 Å². The number of carbonyl (C=O) groups excluding carboxylic acids is 1. The molecule has 1 aliphatic carbocycles. The Morgan fingerprint density at radius 1 is 1.38 bits per heavy atom. The summed E-state index contributed by atoms with van der Waals surface area (Å²) in [7, 11) is 1.82. The van der Waals surface area contributed by atoms with Crippen molar-refractivity contribution in [2.45, 2.75) is 58.5 Å². The first-order chi connectivity index (χ1) is 11.3. The van der Waals surface area contributed by atoms with Crippen LogP contribution >= 0.6 is 0 Å². The molecule has 0 spiro atoms. The Morgan fingerprint density at radius 3 is 2.50 bits per heavy atom. The first-order valence-electron chi connectivity index (χ1n) is 8.40. The number of aliphatic hydroxyl groups excluding tert-OH is 1. The first kappa shape index (κ1) is 18.4. The highest BCUT2D eigenvalue weighted by Crippen LogP contribution is 2.27. The maximum absolute atomic E-state index is 12.4. The second-order valence-corrected chi connectivity index (χ2v) is 6.61. The van der Waals surface area contributed by atoms with Crippen LogP contribution in [0.5, 0.6) is 0 Å². The molecule has 0 unspecified atom stereocenters. The molecule has 1 aliphatic rings. The molecule has 1 aromatic rings. The second-order valence-electron chi connectivity index (χ2n) is 6.61. The molecule has 0 radical (unpaired) electrons. The Balaban J connectivity index is 1.91. The van der Waals surface area contributed by atoms with Crippen LogP contribution < -0.4 is 0 Å². The normalized spacial score (nSPS) is 20.8. The smallest absolute Gasteiger partial charge is 0.312 e. The molecule has 1 fully saturated rings. The van der Waals surface area contributed by atoms with Crippen LogP contribution in [0.15, 0.2) is 0 Å². The van der Waals surface area contributed by atoms with Crippen LogP contribution in [-0.2, 0) is 11.3 Å². The van der Waals surface area contributed by atoms with E-state index in [1.807, 2.05) is 7.05 Å². The monoisotopic (exact) mass is 338 g/mol. The lowest BCUT2D eigenvalue weighted by Crippen LogP contribution is -2.40. The number of hydrogen-bond donors (Lipinski definition) is 1. The number of hydrogen-bond acceptors (Lipinski definition) is 5. The molecule has 8 nitrogen and oxygen atoms in total. The van der Waals surface area contributed by atoms with Crippen molar-refractivity contribution in [3.8, 4) is 0 Å². The molecular formula is C16H26N4O4. The highest BCUT2D eigenvalue weighted by atomic mass is 16.6. The molecule has 134 valence electrons. The molecule has 1 aromatic heterocycles. The summed E-state index contributed by atoms with van der Waals surface area (Å²) in [6.45, 7) is 3.83. The van der Waals surface area contributed by atoms with Crippen molar-refractivity contribution in [1.29, 1.82) is 0 Å².